The van der Waals surface area contributed by atoms with E-state index in [1.54, 1.807) is 22.2 Å². The number of thiophene rings is 1. The monoisotopic (exact) mass is 403 g/mol. The van der Waals surface area contributed by atoms with Crippen LogP contribution < -0.4 is 11.1 Å². The number of anilines is 1. The summed E-state index contributed by atoms with van der Waals surface area (Å²) in [7, 11) is 0. The van der Waals surface area contributed by atoms with Crippen LogP contribution in [0.4, 0.5) is 5.82 Å². The van der Waals surface area contributed by atoms with Crippen molar-refractivity contribution in [3.63, 3.8) is 0 Å². The molecular formula is C21H17N5O2S. The lowest BCUT2D eigenvalue weighted by Gasteiger charge is -2.06. The third-order valence-electron chi connectivity index (χ3n) is 4.72. The highest BCUT2D eigenvalue weighted by Crippen LogP contribution is 2.29. The van der Waals surface area contributed by atoms with E-state index in [0.717, 1.165) is 10.4 Å². The Morgan fingerprint density at radius 3 is 2.66 bits per heavy atom. The van der Waals surface area contributed by atoms with Gasteiger partial charge in [0, 0.05) is 4.88 Å². The van der Waals surface area contributed by atoms with Crippen LogP contribution in [0, 0.1) is 0 Å². The van der Waals surface area contributed by atoms with Crippen molar-refractivity contribution in [2.75, 3.05) is 5.73 Å². The van der Waals surface area contributed by atoms with E-state index in [0.29, 0.717) is 46.9 Å². The Morgan fingerprint density at radius 2 is 1.93 bits per heavy atom. The first-order valence-corrected chi connectivity index (χ1v) is 9.96. The van der Waals surface area contributed by atoms with Gasteiger partial charge in [0.2, 0.25) is 0 Å². The number of nitrogens with two attached hydrogens (primary N) is 1. The number of nitrogens with one attached hydrogen (secondary N) is 1. The number of furan rings is 1. The van der Waals surface area contributed by atoms with E-state index in [9.17, 15) is 4.79 Å². The molecule has 0 aliphatic heterocycles. The Bertz CT molecular complexity index is 1310. The number of amides is 1. The Balaban J connectivity index is 1.64. The quantitative estimate of drug-likeness (QED) is 0.465. The van der Waals surface area contributed by atoms with Crippen LogP contribution in [0.3, 0.4) is 0 Å². The molecule has 3 N–H and O–H groups in total. The molecule has 0 saturated carbocycles. The third kappa shape index (κ3) is 3.13. The fraction of sp³-hybridized carbons (Fsp3) is 0.0952. The van der Waals surface area contributed by atoms with Crippen LogP contribution in [0.1, 0.15) is 21.0 Å². The van der Waals surface area contributed by atoms with Gasteiger partial charge in [0.15, 0.2) is 5.65 Å². The summed E-state index contributed by atoms with van der Waals surface area (Å²) < 4.78 is 7.24. The van der Waals surface area contributed by atoms with Gasteiger partial charge in [0.1, 0.15) is 22.7 Å². The van der Waals surface area contributed by atoms with Gasteiger partial charge < -0.3 is 20.0 Å². The Hall–Kier alpha value is -3.65. The Kier molecular flexibility index (Phi) is 4.25. The average molecular weight is 403 g/mol. The molecule has 7 nitrogen and oxygen atoms in total. The fourth-order valence-electron chi connectivity index (χ4n) is 3.33. The summed E-state index contributed by atoms with van der Waals surface area (Å²) in [6.07, 6.45) is 1.60. The molecule has 1 amide bonds. The van der Waals surface area contributed by atoms with Crippen molar-refractivity contribution < 1.29 is 9.21 Å². The molecule has 5 rings (SSSR count). The molecule has 0 atom stereocenters. The van der Waals surface area contributed by atoms with Gasteiger partial charge in [-0.2, -0.15) is 0 Å². The largest absolute Gasteiger partial charge is 0.467 e. The van der Waals surface area contributed by atoms with Crippen LogP contribution in [0.5, 0.6) is 0 Å². The van der Waals surface area contributed by atoms with Crippen molar-refractivity contribution in [1.82, 2.24) is 19.9 Å². The molecule has 1 aromatic carbocycles. The molecule has 0 fully saturated rings. The van der Waals surface area contributed by atoms with Gasteiger partial charge in [-0.3, -0.25) is 4.79 Å². The zero-order chi connectivity index (χ0) is 19.8. The minimum absolute atomic E-state index is 0.274. The summed E-state index contributed by atoms with van der Waals surface area (Å²) in [4.78, 5) is 23.5. The molecule has 0 saturated heterocycles. The number of nitrogens with zero attached hydrogens (tertiary/aromatic N) is 3. The number of aromatic nitrogens is 3. The molecule has 0 bridgehead atoms. The summed E-state index contributed by atoms with van der Waals surface area (Å²) in [6, 6.07) is 15.1. The van der Waals surface area contributed by atoms with Gasteiger partial charge in [0.25, 0.3) is 5.91 Å². The molecule has 4 aromatic heterocycles. The van der Waals surface area contributed by atoms with Crippen molar-refractivity contribution in [3.05, 3.63) is 76.4 Å². The van der Waals surface area contributed by atoms with Crippen LogP contribution >= 0.6 is 11.3 Å². The zero-order valence-electron chi connectivity index (χ0n) is 15.3. The van der Waals surface area contributed by atoms with E-state index < -0.39 is 0 Å². The molecule has 29 heavy (non-hydrogen) atoms. The number of rotatable bonds is 5. The van der Waals surface area contributed by atoms with E-state index in [-0.39, 0.29) is 5.91 Å². The van der Waals surface area contributed by atoms with Crippen LogP contribution in [-0.2, 0) is 13.1 Å². The fourth-order valence-corrected chi connectivity index (χ4v) is 3.97. The van der Waals surface area contributed by atoms with E-state index in [4.69, 9.17) is 20.1 Å². The molecule has 0 aliphatic rings. The SMILES string of the molecule is Nc1c(C(=O)NCc2cccs2)c2nc3ccccc3nc2n1Cc1ccco1. The highest BCUT2D eigenvalue weighted by Gasteiger charge is 2.24. The van der Waals surface area contributed by atoms with E-state index in [2.05, 4.69) is 5.32 Å². The number of nitrogen functional groups attached to an aromatic ring is 1. The first kappa shape index (κ1) is 17.4. The van der Waals surface area contributed by atoms with E-state index >= 15 is 0 Å². The van der Waals surface area contributed by atoms with E-state index in [1.165, 1.54) is 0 Å². The number of benzene rings is 1. The second-order valence-corrected chi connectivity index (χ2v) is 7.60. The second-order valence-electron chi connectivity index (χ2n) is 6.57. The molecule has 0 spiro atoms. The van der Waals surface area contributed by atoms with Crippen molar-refractivity contribution in [3.8, 4) is 0 Å². The van der Waals surface area contributed by atoms with Crippen molar-refractivity contribution in [2.24, 2.45) is 0 Å². The summed E-state index contributed by atoms with van der Waals surface area (Å²) >= 11 is 1.59. The van der Waals surface area contributed by atoms with Crippen molar-refractivity contribution in [1.29, 1.82) is 0 Å². The van der Waals surface area contributed by atoms with Gasteiger partial charge >= 0.3 is 0 Å². The number of hydrogen-bond donors (Lipinski definition) is 2. The normalized spacial score (nSPS) is 11.3. The maximum absolute atomic E-state index is 13.0. The first-order valence-electron chi connectivity index (χ1n) is 9.08. The van der Waals surface area contributed by atoms with Crippen LogP contribution in [-0.4, -0.2) is 20.4 Å². The lowest BCUT2D eigenvalue weighted by Crippen LogP contribution is -2.23. The first-order chi connectivity index (χ1) is 14.2. The maximum Gasteiger partial charge on any atom is 0.257 e. The van der Waals surface area contributed by atoms with Gasteiger partial charge in [0.05, 0.1) is 30.4 Å². The van der Waals surface area contributed by atoms with Gasteiger partial charge in [-0.05, 0) is 35.7 Å². The number of carbonyl (C=O) groups is 1. The van der Waals surface area contributed by atoms with Gasteiger partial charge in [-0.25, -0.2) is 9.97 Å². The lowest BCUT2D eigenvalue weighted by molar-refractivity contribution is 0.0953. The topological polar surface area (TPSA) is 99.0 Å². The predicted molar refractivity (Wildman–Crippen MR) is 113 cm³/mol. The summed E-state index contributed by atoms with van der Waals surface area (Å²) in [6.45, 7) is 0.794. The molecule has 0 radical (unpaired) electrons. The van der Waals surface area contributed by atoms with Gasteiger partial charge in [-0.1, -0.05) is 18.2 Å². The number of carbonyl (C=O) groups excluding carboxylic acids is 1. The molecular weight excluding hydrogens is 386 g/mol. The number of fused-ring (bicyclic) bond motifs is 2. The third-order valence-corrected chi connectivity index (χ3v) is 5.59. The minimum atomic E-state index is -0.274. The average Bonchev–Trinajstić information content (AvgIpc) is 3.48. The second kappa shape index (κ2) is 7.06. The van der Waals surface area contributed by atoms with Crippen LogP contribution in [0.2, 0.25) is 0 Å². The van der Waals surface area contributed by atoms with Crippen LogP contribution in [0.15, 0.2) is 64.6 Å². The molecule has 5 aromatic rings. The number of para-hydroxylation sites is 2. The summed E-state index contributed by atoms with van der Waals surface area (Å²) in [5.74, 6) is 0.758. The molecule has 144 valence electrons. The lowest BCUT2D eigenvalue weighted by atomic mass is 10.2. The minimum Gasteiger partial charge on any atom is -0.467 e. The molecule has 8 heteroatoms. The van der Waals surface area contributed by atoms with Crippen LogP contribution in [0.25, 0.3) is 22.2 Å². The van der Waals surface area contributed by atoms with E-state index in [1.807, 2.05) is 53.9 Å². The van der Waals surface area contributed by atoms with Gasteiger partial charge in [-0.15, -0.1) is 11.3 Å². The standard InChI is InChI=1S/C21H17N5O2S/c22-19-17(21(27)23-11-14-6-4-10-29-14)18-20(26(19)12-13-5-3-9-28-13)25-16-8-2-1-7-15(16)24-18/h1-10H,11-12,22H2,(H,23,27). The highest BCUT2D eigenvalue weighted by molar-refractivity contribution is 7.09. The molecule has 4 heterocycles. The Labute approximate surface area is 169 Å². The van der Waals surface area contributed by atoms with Crippen molar-refractivity contribution in [2.45, 2.75) is 13.1 Å². The number of hydrogen-bond acceptors (Lipinski definition) is 6. The van der Waals surface area contributed by atoms with Crippen molar-refractivity contribution >= 4 is 45.3 Å². The maximum atomic E-state index is 13.0. The zero-order valence-corrected chi connectivity index (χ0v) is 16.1. The molecule has 0 unspecified atom stereocenters. The Morgan fingerprint density at radius 1 is 1.10 bits per heavy atom. The highest BCUT2D eigenvalue weighted by atomic mass is 32.1. The molecule has 0 aliphatic carbocycles. The predicted octanol–water partition coefficient (Wildman–Crippen LogP) is 3.80. The summed E-state index contributed by atoms with van der Waals surface area (Å²) in [5.41, 5.74) is 9.25. The summed E-state index contributed by atoms with van der Waals surface area (Å²) in [5, 5.41) is 4.92. The smallest absolute Gasteiger partial charge is 0.257 e.